The molecule has 0 aliphatic carbocycles. The smallest absolute Gasteiger partial charge is 0.255 e. The minimum absolute atomic E-state index is 0.0473. The number of carbonyl (C=O) groups excluding carboxylic acids is 1. The average Bonchev–Trinajstić information content (AvgIpc) is 2.41. The molecule has 1 aromatic carbocycles. The third-order valence-electron chi connectivity index (χ3n) is 2.90. The van der Waals surface area contributed by atoms with Gasteiger partial charge in [-0.3, -0.25) is 4.79 Å². The Bertz CT molecular complexity index is 494. The summed E-state index contributed by atoms with van der Waals surface area (Å²) in [7, 11) is 1.61. The first-order valence-electron chi connectivity index (χ1n) is 6.29. The van der Waals surface area contributed by atoms with Crippen LogP contribution in [-0.4, -0.2) is 42.6 Å². The Morgan fingerprint density at radius 1 is 1.45 bits per heavy atom. The van der Waals surface area contributed by atoms with Crippen LogP contribution in [-0.2, 0) is 4.74 Å². The van der Waals surface area contributed by atoms with Crippen molar-refractivity contribution in [2.75, 3.05) is 26.8 Å². The van der Waals surface area contributed by atoms with Gasteiger partial charge >= 0.3 is 0 Å². The Morgan fingerprint density at radius 3 is 2.75 bits per heavy atom. The van der Waals surface area contributed by atoms with Crippen molar-refractivity contribution in [1.29, 1.82) is 0 Å². The molecular formula is C14H19BrN2O2S. The van der Waals surface area contributed by atoms with Gasteiger partial charge in [0.15, 0.2) is 0 Å². The summed E-state index contributed by atoms with van der Waals surface area (Å²) in [6, 6.07) is 5.63. The first-order chi connectivity index (χ1) is 9.47. The standard InChI is InChI=1S/C14H19BrN2O2S/c1-10-4-3-5-11(13(10)15)14(18)17(8-9-19-2)7-6-12(16)20/h3-5H,6-9H2,1-2H3,(H2,16,20). The average molecular weight is 359 g/mol. The molecule has 6 heteroatoms. The minimum atomic E-state index is -0.0473. The number of amides is 1. The molecule has 0 radical (unpaired) electrons. The monoisotopic (exact) mass is 358 g/mol. The summed E-state index contributed by atoms with van der Waals surface area (Å²) >= 11 is 8.34. The highest BCUT2D eigenvalue weighted by Gasteiger charge is 2.18. The third kappa shape index (κ3) is 4.85. The maximum atomic E-state index is 12.6. The molecule has 1 aromatic rings. The van der Waals surface area contributed by atoms with Crippen LogP contribution in [0.4, 0.5) is 0 Å². The second-order valence-electron chi connectivity index (χ2n) is 4.44. The maximum absolute atomic E-state index is 12.6. The van der Waals surface area contributed by atoms with E-state index in [1.54, 1.807) is 18.1 Å². The van der Waals surface area contributed by atoms with Crippen LogP contribution in [0.1, 0.15) is 22.3 Å². The van der Waals surface area contributed by atoms with Crippen molar-refractivity contribution in [3.05, 3.63) is 33.8 Å². The first-order valence-corrected chi connectivity index (χ1v) is 7.49. The Kier molecular flexibility index (Phi) is 7.12. The van der Waals surface area contributed by atoms with E-state index in [1.807, 2.05) is 19.1 Å². The van der Waals surface area contributed by atoms with Crippen molar-refractivity contribution in [3.63, 3.8) is 0 Å². The number of halogens is 1. The molecule has 0 aromatic heterocycles. The second-order valence-corrected chi connectivity index (χ2v) is 5.76. The number of aryl methyl sites for hydroxylation is 1. The van der Waals surface area contributed by atoms with Crippen LogP contribution >= 0.6 is 28.1 Å². The Morgan fingerprint density at radius 2 is 2.15 bits per heavy atom. The third-order valence-corrected chi connectivity index (χ3v) is 4.16. The van der Waals surface area contributed by atoms with E-state index in [2.05, 4.69) is 15.9 Å². The van der Waals surface area contributed by atoms with Crippen LogP contribution in [0.2, 0.25) is 0 Å². The Labute approximate surface area is 133 Å². The normalized spacial score (nSPS) is 10.3. The zero-order valence-electron chi connectivity index (χ0n) is 11.7. The molecule has 1 amide bonds. The molecule has 4 nitrogen and oxygen atoms in total. The van der Waals surface area contributed by atoms with Crippen molar-refractivity contribution >= 4 is 39.0 Å². The van der Waals surface area contributed by atoms with Gasteiger partial charge in [-0.1, -0.05) is 24.4 Å². The van der Waals surface area contributed by atoms with Gasteiger partial charge in [-0.05, 0) is 34.5 Å². The van der Waals surface area contributed by atoms with Crippen LogP contribution in [0.25, 0.3) is 0 Å². The van der Waals surface area contributed by atoms with Gasteiger partial charge < -0.3 is 15.4 Å². The largest absolute Gasteiger partial charge is 0.393 e. The van der Waals surface area contributed by atoms with Gasteiger partial charge in [0.2, 0.25) is 0 Å². The van der Waals surface area contributed by atoms with Gasteiger partial charge in [0, 0.05) is 31.1 Å². The van der Waals surface area contributed by atoms with Gasteiger partial charge in [-0.2, -0.15) is 0 Å². The summed E-state index contributed by atoms with van der Waals surface area (Å²) in [5, 5.41) is 0. The number of methoxy groups -OCH3 is 1. The fraction of sp³-hybridized carbons (Fsp3) is 0.429. The van der Waals surface area contributed by atoms with Crippen LogP contribution in [0.3, 0.4) is 0 Å². The molecule has 2 N–H and O–H groups in total. The number of hydrogen-bond acceptors (Lipinski definition) is 3. The lowest BCUT2D eigenvalue weighted by atomic mass is 10.1. The van der Waals surface area contributed by atoms with Crippen molar-refractivity contribution in [3.8, 4) is 0 Å². The number of benzene rings is 1. The fourth-order valence-corrected chi connectivity index (χ4v) is 2.27. The van der Waals surface area contributed by atoms with E-state index in [9.17, 15) is 4.79 Å². The van der Waals surface area contributed by atoms with Gasteiger partial charge in [0.1, 0.15) is 0 Å². The number of rotatable bonds is 7. The van der Waals surface area contributed by atoms with Gasteiger partial charge in [-0.15, -0.1) is 0 Å². The van der Waals surface area contributed by atoms with Crippen molar-refractivity contribution in [1.82, 2.24) is 4.90 Å². The molecule has 0 unspecified atom stereocenters. The number of ether oxygens (including phenoxy) is 1. The molecule has 110 valence electrons. The summed E-state index contributed by atoms with van der Waals surface area (Å²) in [6.45, 7) is 3.44. The summed E-state index contributed by atoms with van der Waals surface area (Å²) < 4.78 is 5.87. The lowest BCUT2D eigenvalue weighted by Gasteiger charge is -2.23. The van der Waals surface area contributed by atoms with E-state index < -0.39 is 0 Å². The fourth-order valence-electron chi connectivity index (χ4n) is 1.74. The zero-order chi connectivity index (χ0) is 15.1. The summed E-state index contributed by atoms with van der Waals surface area (Å²) in [5.74, 6) is -0.0473. The molecule has 0 spiro atoms. The molecular weight excluding hydrogens is 340 g/mol. The van der Waals surface area contributed by atoms with Crippen molar-refractivity contribution < 1.29 is 9.53 Å². The van der Waals surface area contributed by atoms with Crippen LogP contribution in [0.5, 0.6) is 0 Å². The molecule has 20 heavy (non-hydrogen) atoms. The van der Waals surface area contributed by atoms with Gasteiger partial charge in [0.25, 0.3) is 5.91 Å². The van der Waals surface area contributed by atoms with Crippen molar-refractivity contribution in [2.24, 2.45) is 5.73 Å². The van der Waals surface area contributed by atoms with E-state index in [1.165, 1.54) is 0 Å². The Hall–Kier alpha value is -0.980. The van der Waals surface area contributed by atoms with Crippen LogP contribution < -0.4 is 5.73 Å². The van der Waals surface area contributed by atoms with E-state index in [0.29, 0.717) is 36.7 Å². The molecule has 0 saturated carbocycles. The quantitative estimate of drug-likeness (QED) is 0.760. The first kappa shape index (κ1) is 17.1. The summed E-state index contributed by atoms with van der Waals surface area (Å²) in [4.78, 5) is 14.7. The van der Waals surface area contributed by atoms with E-state index >= 15 is 0 Å². The minimum Gasteiger partial charge on any atom is -0.393 e. The molecule has 0 heterocycles. The van der Waals surface area contributed by atoms with Crippen molar-refractivity contribution in [2.45, 2.75) is 13.3 Å². The number of carbonyl (C=O) groups is 1. The highest BCUT2D eigenvalue weighted by atomic mass is 79.9. The van der Waals surface area contributed by atoms with E-state index in [0.717, 1.165) is 10.0 Å². The van der Waals surface area contributed by atoms with Crippen LogP contribution in [0, 0.1) is 6.92 Å². The molecule has 0 fully saturated rings. The zero-order valence-corrected chi connectivity index (χ0v) is 14.1. The van der Waals surface area contributed by atoms with E-state index in [4.69, 9.17) is 22.7 Å². The Balaban J connectivity index is 2.90. The number of nitrogens with two attached hydrogens (primary N) is 1. The number of thiocarbonyl (C=S) groups is 1. The molecule has 0 aliphatic heterocycles. The van der Waals surface area contributed by atoms with Gasteiger partial charge in [-0.25, -0.2) is 0 Å². The second kappa shape index (κ2) is 8.34. The predicted molar refractivity (Wildman–Crippen MR) is 88.1 cm³/mol. The molecule has 1 rings (SSSR count). The highest BCUT2D eigenvalue weighted by Crippen LogP contribution is 2.22. The number of hydrogen-bond donors (Lipinski definition) is 1. The van der Waals surface area contributed by atoms with E-state index in [-0.39, 0.29) is 5.91 Å². The lowest BCUT2D eigenvalue weighted by Crippen LogP contribution is -2.36. The molecule has 0 atom stereocenters. The SMILES string of the molecule is COCCN(CCC(N)=S)C(=O)c1cccc(C)c1Br. The summed E-state index contributed by atoms with van der Waals surface area (Å²) in [5.41, 5.74) is 7.18. The molecule has 0 bridgehead atoms. The maximum Gasteiger partial charge on any atom is 0.255 e. The molecule has 0 aliphatic rings. The lowest BCUT2D eigenvalue weighted by molar-refractivity contribution is 0.0700. The van der Waals surface area contributed by atoms with Gasteiger partial charge in [0.05, 0.1) is 17.2 Å². The molecule has 0 saturated heterocycles. The number of nitrogens with zero attached hydrogens (tertiary/aromatic N) is 1. The van der Waals surface area contributed by atoms with Crippen LogP contribution in [0.15, 0.2) is 22.7 Å². The predicted octanol–water partition coefficient (Wildman–Crippen LogP) is 2.52. The highest BCUT2D eigenvalue weighted by molar-refractivity contribution is 9.10. The summed E-state index contributed by atoms with van der Waals surface area (Å²) in [6.07, 6.45) is 0.508. The topological polar surface area (TPSA) is 55.6 Å².